The summed E-state index contributed by atoms with van der Waals surface area (Å²) in [5.74, 6) is -0.853. The molecule has 7 heterocycles. The number of fused-ring (bicyclic) bond motifs is 3. The molecule has 0 bridgehead atoms. The number of aromatic nitrogens is 9. The minimum atomic E-state index is -4.76. The number of aliphatic hydroxyl groups excluding tert-OH is 1. The van der Waals surface area contributed by atoms with Crippen LogP contribution in [-0.2, 0) is 26.5 Å². The molecule has 35 heteroatoms. The van der Waals surface area contributed by atoms with Crippen LogP contribution in [0, 0.1) is 6.92 Å². The Morgan fingerprint density at radius 3 is 1.16 bits per heavy atom. The zero-order valence-corrected chi connectivity index (χ0v) is 46.0. The second-order valence-corrected chi connectivity index (χ2v) is 19.2. The zero-order valence-electron chi connectivity index (χ0n) is 42.4. The van der Waals surface area contributed by atoms with Crippen LogP contribution in [0.25, 0.3) is 50.3 Å². The monoisotopic (exact) mass is 1290 g/mol. The van der Waals surface area contributed by atoms with E-state index in [0.717, 1.165) is 25.3 Å². The second kappa shape index (κ2) is 32.4. The van der Waals surface area contributed by atoms with Crippen molar-refractivity contribution in [3.8, 4) is 51.0 Å². The summed E-state index contributed by atoms with van der Waals surface area (Å²) in [6.45, 7) is 3.45. The first kappa shape index (κ1) is 70.6. The number of halogens is 14. The molecule has 10 rings (SSSR count). The molecular formula is C47H43AlCl5F9LiN9O9S. The number of nitrogens with one attached hydrogen (secondary N) is 3. The van der Waals surface area contributed by atoms with E-state index in [9.17, 15) is 53.9 Å². The van der Waals surface area contributed by atoms with Gasteiger partial charge >= 0.3 is 37.9 Å². The standard InChI is InChI=1S/C14H9ClF3N3O2.C14H10F3N3O3.C14H10F3N3O2.C4H8O.CH2Cl2.Al.Cl2OS.Li.4H/c15-6-9-5-12-13(22)19-11(7-21(12)20-9)8-1-3-10(4-2-8)23-14(16,17)18;15-14(16,17)23-10-3-1-8(2-4-10)11-6-20-12(13(22)18-11)5-9(7-21)19-20;1-8-6-12-13(21)18-11(7-20(12)19-8)9-2-4-10(5-3-9)22-14(15,16)17;1-2-4-5-3-1;2-1-3;;1-4(2)3;;;;;/h1-5,7H,6H2,(H,19,22);1-6,21H,7H2,(H,18,22);2-7H,1H3,(H,18,21);1-4H2;1H2;;;;;;;/q;;;;;;;+1;;;;-1. The maximum absolute atomic E-state index is 12.1. The first-order valence-corrected chi connectivity index (χ1v) is 26.6. The summed E-state index contributed by atoms with van der Waals surface area (Å²) in [5.41, 5.74) is 4.21. The summed E-state index contributed by atoms with van der Waals surface area (Å²) in [6, 6.07) is 20.1. The van der Waals surface area contributed by atoms with Gasteiger partial charge in [0.05, 0.1) is 70.6 Å². The maximum Gasteiger partial charge on any atom is 1.00 e. The minimum Gasteiger partial charge on any atom is -1.00 e. The van der Waals surface area contributed by atoms with Gasteiger partial charge in [0.1, 0.15) is 33.8 Å². The quantitative estimate of drug-likeness (QED) is 0.0503. The van der Waals surface area contributed by atoms with Gasteiger partial charge in [-0.3, -0.25) is 14.4 Å². The largest absolute Gasteiger partial charge is 1.00 e. The smallest absolute Gasteiger partial charge is 1.00 e. The van der Waals surface area contributed by atoms with E-state index < -0.39 is 33.9 Å². The van der Waals surface area contributed by atoms with Gasteiger partial charge in [0, 0.05) is 34.6 Å². The van der Waals surface area contributed by atoms with Gasteiger partial charge in [-0.1, -0.05) is 0 Å². The SMILES string of the molecule is C1CCOC1.Cc1cc2c(=O)[nH]c(-c3ccc(OC(F)(F)F)cc3)cn2n1.ClCCl.O=S(Cl)Cl.O=c1[nH]c(-c2ccc(OC(F)(F)F)cc2)cn2nc(CCl)cc12.O=c1[nH]c(-c2ccc(OC(F)(F)F)cc2)cn2nc(CO)cc12.[AlH3].[H-].[Li+]. The number of aliphatic hydroxyl groups is 1. The average molecular weight is 1290 g/mol. The van der Waals surface area contributed by atoms with Crippen molar-refractivity contribution in [2.24, 2.45) is 0 Å². The van der Waals surface area contributed by atoms with E-state index in [0.29, 0.717) is 61.9 Å². The third kappa shape index (κ3) is 22.8. The van der Waals surface area contributed by atoms with Crippen LogP contribution in [0.1, 0.15) is 31.4 Å². The molecule has 6 aromatic heterocycles. The Bertz CT molecular complexity index is 3510. The van der Waals surface area contributed by atoms with Crippen molar-refractivity contribution in [2.75, 3.05) is 18.6 Å². The van der Waals surface area contributed by atoms with Crippen LogP contribution in [0.2, 0.25) is 0 Å². The van der Waals surface area contributed by atoms with Crippen LogP contribution in [0.3, 0.4) is 0 Å². The molecule has 1 aliphatic heterocycles. The molecule has 18 nitrogen and oxygen atoms in total. The molecule has 0 radical (unpaired) electrons. The van der Waals surface area contributed by atoms with E-state index in [1.807, 2.05) is 0 Å². The Morgan fingerprint density at radius 1 is 0.585 bits per heavy atom. The summed E-state index contributed by atoms with van der Waals surface area (Å²) in [5, 5.41) is 21.5. The molecule has 82 heavy (non-hydrogen) atoms. The van der Waals surface area contributed by atoms with E-state index in [-0.39, 0.29) is 89.4 Å². The third-order valence-corrected chi connectivity index (χ3v) is 10.2. The van der Waals surface area contributed by atoms with Gasteiger partial charge in [-0.05, 0) is 127 Å². The van der Waals surface area contributed by atoms with Crippen molar-refractivity contribution in [3.05, 3.63) is 158 Å². The average Bonchev–Trinajstić information content (AvgIpc) is 4.24. The molecule has 0 amide bonds. The number of hydrogen-bond acceptors (Lipinski definition) is 12. The van der Waals surface area contributed by atoms with Crippen LogP contribution in [0.5, 0.6) is 17.2 Å². The van der Waals surface area contributed by atoms with Gasteiger partial charge in [0.15, 0.2) is 17.4 Å². The first-order valence-electron chi connectivity index (χ1n) is 22.2. The number of nitrogens with zero attached hydrogens (tertiary/aromatic N) is 6. The Balaban J connectivity index is 0.000000379. The van der Waals surface area contributed by atoms with Gasteiger partial charge in [0.25, 0.3) is 16.7 Å². The van der Waals surface area contributed by atoms with Gasteiger partial charge in [-0.2, -0.15) is 15.3 Å². The molecule has 1 aliphatic rings. The van der Waals surface area contributed by atoms with Crippen LogP contribution >= 0.6 is 56.2 Å². The molecule has 3 aromatic carbocycles. The van der Waals surface area contributed by atoms with Crippen LogP contribution in [0.4, 0.5) is 39.5 Å². The molecule has 0 atom stereocenters. The molecule has 0 aliphatic carbocycles. The summed E-state index contributed by atoms with van der Waals surface area (Å²) in [6.07, 6.45) is -7.02. The van der Waals surface area contributed by atoms with Gasteiger partial charge in [-0.15, -0.1) is 74.3 Å². The molecule has 0 saturated carbocycles. The van der Waals surface area contributed by atoms with E-state index in [4.69, 9.17) is 48.9 Å². The first-order chi connectivity index (χ1) is 37.7. The number of benzene rings is 3. The molecular weight excluding hydrogens is 1250 g/mol. The predicted octanol–water partition coefficient (Wildman–Crippen LogP) is 7.50. The summed E-state index contributed by atoms with van der Waals surface area (Å²) < 4.78 is 139. The normalized spacial score (nSPS) is 11.9. The Kier molecular flexibility index (Phi) is 27.9. The van der Waals surface area contributed by atoms with E-state index in [2.05, 4.69) is 65.8 Å². The van der Waals surface area contributed by atoms with Gasteiger partial charge in [0.2, 0.25) is 9.23 Å². The number of rotatable bonds is 8. The van der Waals surface area contributed by atoms with Crippen molar-refractivity contribution in [1.29, 1.82) is 0 Å². The topological polar surface area (TPSA) is 225 Å². The van der Waals surface area contributed by atoms with Crippen LogP contribution < -0.4 is 49.7 Å². The second-order valence-electron chi connectivity index (χ2n) is 15.7. The number of aryl methyl sites for hydroxylation is 1. The Labute approximate surface area is 506 Å². The summed E-state index contributed by atoms with van der Waals surface area (Å²) >= 11 is 15.2. The van der Waals surface area contributed by atoms with Gasteiger partial charge < -0.3 is 40.4 Å². The molecule has 438 valence electrons. The number of H-pyrrole nitrogens is 3. The van der Waals surface area contributed by atoms with Crippen LogP contribution in [-0.4, -0.2) is 108 Å². The fraction of sp³-hybridized carbons (Fsp3) is 0.234. The molecule has 0 unspecified atom stereocenters. The summed E-state index contributed by atoms with van der Waals surface area (Å²) in [4.78, 5) is 43.9. The maximum atomic E-state index is 12.1. The number of alkyl halides is 12. The fourth-order valence-electron chi connectivity index (χ4n) is 6.84. The molecule has 1 saturated heterocycles. The number of ether oxygens (including phenoxy) is 4. The van der Waals surface area contributed by atoms with E-state index in [1.165, 1.54) is 99.3 Å². The predicted molar refractivity (Wildman–Crippen MR) is 292 cm³/mol. The fourth-order valence-corrected chi connectivity index (χ4v) is 6.97. The van der Waals surface area contributed by atoms with Crippen molar-refractivity contribution >= 4 is 99.3 Å². The molecule has 4 N–H and O–H groups in total. The van der Waals surface area contributed by atoms with E-state index >= 15 is 0 Å². The molecule has 9 aromatic rings. The Hall–Kier alpha value is -5.66. The van der Waals surface area contributed by atoms with Crippen molar-refractivity contribution in [1.82, 2.24) is 43.8 Å². The Morgan fingerprint density at radius 2 is 0.878 bits per heavy atom. The van der Waals surface area contributed by atoms with Crippen molar-refractivity contribution < 1.29 is 88.1 Å². The number of aromatic amines is 3. The minimum absolute atomic E-state index is 0. The van der Waals surface area contributed by atoms with Crippen molar-refractivity contribution in [2.45, 2.75) is 51.3 Å². The van der Waals surface area contributed by atoms with E-state index in [1.54, 1.807) is 31.5 Å². The van der Waals surface area contributed by atoms with Gasteiger partial charge in [-0.25, -0.2) is 17.8 Å². The third-order valence-electron chi connectivity index (χ3n) is 9.95. The molecule has 0 spiro atoms. The number of hydrogen-bond donors (Lipinski definition) is 4. The molecule has 1 fully saturated rings. The van der Waals surface area contributed by atoms with Crippen molar-refractivity contribution in [3.63, 3.8) is 0 Å². The zero-order chi connectivity index (χ0) is 59.0. The summed E-state index contributed by atoms with van der Waals surface area (Å²) in [7, 11) is 7.36. The van der Waals surface area contributed by atoms with Crippen LogP contribution in [0.15, 0.2) is 124 Å².